The first-order chi connectivity index (χ1) is 13.7. The smallest absolute Gasteiger partial charge is 0.211 e. The molecule has 0 spiro atoms. The van der Waals surface area contributed by atoms with Gasteiger partial charge in [0.15, 0.2) is 0 Å². The van der Waals surface area contributed by atoms with E-state index in [2.05, 4.69) is 15.0 Å². The van der Waals surface area contributed by atoms with Crippen molar-refractivity contribution in [3.63, 3.8) is 0 Å². The molecule has 0 fully saturated rings. The van der Waals surface area contributed by atoms with E-state index < -0.39 is 0 Å². The number of aliphatic imine (C=N–C) groups is 3. The summed E-state index contributed by atoms with van der Waals surface area (Å²) in [6, 6.07) is 25.5. The molecule has 0 aliphatic heterocycles. The van der Waals surface area contributed by atoms with Crippen molar-refractivity contribution in [3.8, 4) is 0 Å². The van der Waals surface area contributed by atoms with Crippen molar-refractivity contribution >= 4 is 50.7 Å². The Bertz CT molecular complexity index is 938. The van der Waals surface area contributed by atoms with Gasteiger partial charge in [-0.25, -0.2) is 14.4 Å². The molecule has 0 N–H and O–H groups in total. The third kappa shape index (κ3) is 9.49. The molecule has 7 heteroatoms. The lowest BCUT2D eigenvalue weighted by molar-refractivity contribution is 0.564. The first-order valence-electron chi connectivity index (χ1n) is 8.10. The Morgan fingerprint density at radius 3 is 1.32 bits per heavy atom. The summed E-state index contributed by atoms with van der Waals surface area (Å²) in [6.45, 7) is 0. The molecule has 138 valence electrons. The highest BCUT2D eigenvalue weighted by Gasteiger charge is 1.90. The van der Waals surface area contributed by atoms with Crippen molar-refractivity contribution < 1.29 is 14.4 Å². The minimum atomic E-state index is 0.646. The zero-order chi connectivity index (χ0) is 20.5. The van der Waals surface area contributed by atoms with Gasteiger partial charge >= 0.3 is 0 Å². The van der Waals surface area contributed by atoms with Crippen molar-refractivity contribution in [3.05, 3.63) is 84.9 Å². The fourth-order valence-corrected chi connectivity index (χ4v) is 2.32. The van der Waals surface area contributed by atoms with E-state index in [9.17, 15) is 14.4 Å². The van der Waals surface area contributed by atoms with Crippen LogP contribution in [-0.4, -0.2) is 28.5 Å². The highest BCUT2D eigenvalue weighted by molar-refractivity contribution is 6.35. The average Bonchev–Trinajstić information content (AvgIpc) is 2.73. The van der Waals surface area contributed by atoms with Crippen molar-refractivity contribution in [2.45, 2.75) is 0 Å². The van der Waals surface area contributed by atoms with Crippen molar-refractivity contribution in [2.75, 3.05) is 0 Å². The van der Waals surface area contributed by atoms with Crippen LogP contribution < -0.4 is 5.19 Å². The summed E-state index contributed by atoms with van der Waals surface area (Å²) in [5.74, 6) is 0. The SMILES string of the molecule is O=C=Nc1ccccc1.O=C=Nc1ccccc1.O=C=Nc1ccccc1[SiH3]. The first-order valence-corrected chi connectivity index (χ1v) is 9.10. The van der Waals surface area contributed by atoms with E-state index in [4.69, 9.17) is 0 Å². The molecule has 3 rings (SSSR count). The van der Waals surface area contributed by atoms with Gasteiger partial charge in [-0.05, 0) is 35.5 Å². The van der Waals surface area contributed by atoms with Crippen LogP contribution in [0.2, 0.25) is 0 Å². The molecular formula is C21H17N3O3Si. The molecule has 28 heavy (non-hydrogen) atoms. The Morgan fingerprint density at radius 2 is 0.929 bits per heavy atom. The fourth-order valence-electron chi connectivity index (χ4n) is 1.85. The van der Waals surface area contributed by atoms with Crippen LogP contribution in [0.3, 0.4) is 0 Å². The first kappa shape index (κ1) is 22.1. The summed E-state index contributed by atoms with van der Waals surface area (Å²) in [5, 5.41) is 1.13. The molecule has 0 radical (unpaired) electrons. The van der Waals surface area contributed by atoms with Crippen LogP contribution in [0.25, 0.3) is 0 Å². The summed E-state index contributed by atoms with van der Waals surface area (Å²) in [5.41, 5.74) is 2.05. The van der Waals surface area contributed by atoms with Gasteiger partial charge in [0.2, 0.25) is 18.2 Å². The Balaban J connectivity index is 0.000000210. The monoisotopic (exact) mass is 387 g/mol. The van der Waals surface area contributed by atoms with Crippen LogP contribution in [0.5, 0.6) is 0 Å². The van der Waals surface area contributed by atoms with Gasteiger partial charge < -0.3 is 0 Å². The molecule has 0 amide bonds. The minimum Gasteiger partial charge on any atom is -0.211 e. The summed E-state index contributed by atoms with van der Waals surface area (Å²) >= 11 is 0. The molecule has 0 bridgehead atoms. The van der Waals surface area contributed by atoms with E-state index in [0.717, 1.165) is 21.1 Å². The second kappa shape index (κ2) is 14.2. The summed E-state index contributed by atoms with van der Waals surface area (Å²) in [6.07, 6.45) is 4.44. The quantitative estimate of drug-likeness (QED) is 0.393. The van der Waals surface area contributed by atoms with Gasteiger partial charge in [0.25, 0.3) is 0 Å². The predicted octanol–water partition coefficient (Wildman–Crippen LogP) is 2.95. The average molecular weight is 387 g/mol. The van der Waals surface area contributed by atoms with Gasteiger partial charge in [0.05, 0.1) is 17.1 Å². The van der Waals surface area contributed by atoms with E-state index in [1.54, 1.807) is 24.3 Å². The van der Waals surface area contributed by atoms with Gasteiger partial charge in [0.1, 0.15) is 0 Å². The molecule has 0 heterocycles. The molecular weight excluding hydrogens is 370 g/mol. The lowest BCUT2D eigenvalue weighted by Gasteiger charge is -1.93. The van der Waals surface area contributed by atoms with Crippen molar-refractivity contribution in [2.24, 2.45) is 15.0 Å². The minimum absolute atomic E-state index is 0.646. The predicted molar refractivity (Wildman–Crippen MR) is 112 cm³/mol. The number of benzene rings is 3. The maximum atomic E-state index is 9.85. The zero-order valence-electron chi connectivity index (χ0n) is 15.1. The summed E-state index contributed by atoms with van der Waals surface area (Å²) < 4.78 is 0. The second-order valence-electron chi connectivity index (χ2n) is 5.07. The van der Waals surface area contributed by atoms with Gasteiger partial charge in [0, 0.05) is 10.2 Å². The third-order valence-corrected chi connectivity index (χ3v) is 3.99. The molecule has 0 atom stereocenters. The van der Waals surface area contributed by atoms with Crippen LogP contribution in [0.15, 0.2) is 99.9 Å². The standard InChI is InChI=1S/C7H7NOSi.2C7H5NO/c9-5-8-6-3-1-2-4-7(6)10;2*9-6-8-7-4-2-1-3-5-7/h1-4H,10H3;2*1-5H. The van der Waals surface area contributed by atoms with Gasteiger partial charge in [-0.3, -0.25) is 0 Å². The molecule has 0 aromatic heterocycles. The molecule has 3 aromatic carbocycles. The van der Waals surface area contributed by atoms with Crippen LogP contribution in [-0.2, 0) is 14.4 Å². The van der Waals surface area contributed by atoms with Crippen LogP contribution in [0.1, 0.15) is 0 Å². The van der Waals surface area contributed by atoms with Gasteiger partial charge in [-0.15, -0.1) is 0 Å². The highest BCUT2D eigenvalue weighted by Crippen LogP contribution is 2.07. The second-order valence-corrected chi connectivity index (χ2v) is 6.14. The number of rotatable bonds is 3. The van der Waals surface area contributed by atoms with E-state index >= 15 is 0 Å². The Morgan fingerprint density at radius 1 is 0.536 bits per heavy atom. The molecule has 3 aromatic rings. The third-order valence-electron chi connectivity index (χ3n) is 3.14. The maximum absolute atomic E-state index is 9.85. The number of hydrogen-bond acceptors (Lipinski definition) is 6. The summed E-state index contributed by atoms with van der Waals surface area (Å²) in [7, 11) is 0.917. The largest absolute Gasteiger partial charge is 0.240 e. The fraction of sp³-hybridized carbons (Fsp3) is 0. The van der Waals surface area contributed by atoms with E-state index in [1.807, 2.05) is 60.7 Å². The van der Waals surface area contributed by atoms with E-state index in [-0.39, 0.29) is 0 Å². The normalized spacial score (nSPS) is 8.29. The van der Waals surface area contributed by atoms with E-state index in [1.165, 1.54) is 18.2 Å². The number of para-hydroxylation sites is 3. The van der Waals surface area contributed by atoms with Gasteiger partial charge in [-0.2, -0.15) is 15.0 Å². The Labute approximate surface area is 165 Å². The van der Waals surface area contributed by atoms with Crippen molar-refractivity contribution in [1.29, 1.82) is 0 Å². The Hall–Kier alpha value is -3.98. The van der Waals surface area contributed by atoms with E-state index in [0.29, 0.717) is 11.4 Å². The molecule has 0 unspecified atom stereocenters. The van der Waals surface area contributed by atoms with Crippen LogP contribution in [0, 0.1) is 0 Å². The number of carbonyl (C=O) groups excluding carboxylic acids is 3. The molecule has 0 aliphatic rings. The lowest BCUT2D eigenvalue weighted by atomic mass is 10.3. The molecule has 6 nitrogen and oxygen atoms in total. The summed E-state index contributed by atoms with van der Waals surface area (Å²) in [4.78, 5) is 39.6. The maximum Gasteiger partial charge on any atom is 0.240 e. The molecule has 0 saturated heterocycles. The van der Waals surface area contributed by atoms with Crippen molar-refractivity contribution in [1.82, 2.24) is 0 Å². The van der Waals surface area contributed by atoms with Crippen LogP contribution in [0.4, 0.5) is 17.1 Å². The topological polar surface area (TPSA) is 88.3 Å². The molecule has 0 saturated carbocycles. The van der Waals surface area contributed by atoms with Crippen LogP contribution >= 0.6 is 0 Å². The lowest BCUT2D eigenvalue weighted by Crippen LogP contribution is -2.00. The highest BCUT2D eigenvalue weighted by atomic mass is 28.1. The Kier molecular flexibility index (Phi) is 11.2. The molecule has 0 aliphatic carbocycles. The number of nitrogens with zero attached hydrogens (tertiary/aromatic N) is 3. The number of hydrogen-bond donors (Lipinski definition) is 0. The zero-order valence-corrected chi connectivity index (χ0v) is 17.1. The number of isocyanates is 3. The van der Waals surface area contributed by atoms with Gasteiger partial charge in [-0.1, -0.05) is 54.6 Å².